The number of anilines is 1. The topological polar surface area (TPSA) is 49.3 Å². The molecule has 1 saturated heterocycles. The molecule has 1 unspecified atom stereocenters. The average molecular weight is 441 g/mol. The summed E-state index contributed by atoms with van der Waals surface area (Å²) >= 11 is 0. The molecule has 1 atom stereocenters. The Kier molecular flexibility index (Phi) is 5.50. The van der Waals surface area contributed by atoms with E-state index in [1.807, 2.05) is 72.5 Å². The number of nitrogens with zero attached hydrogens (tertiary/aromatic N) is 4. The summed E-state index contributed by atoms with van der Waals surface area (Å²) in [4.78, 5) is 17.1. The molecule has 5 rings (SSSR count). The first-order valence-electron chi connectivity index (χ1n) is 11.2. The highest BCUT2D eigenvalue weighted by Gasteiger charge is 2.30. The lowest BCUT2D eigenvalue weighted by atomic mass is 10.0. The van der Waals surface area contributed by atoms with Crippen molar-refractivity contribution in [1.82, 2.24) is 15.1 Å². The second-order valence-corrected chi connectivity index (χ2v) is 8.56. The van der Waals surface area contributed by atoms with Gasteiger partial charge in [-0.05, 0) is 43.7 Å². The van der Waals surface area contributed by atoms with E-state index in [0.29, 0.717) is 36.5 Å². The molecule has 0 saturated carbocycles. The van der Waals surface area contributed by atoms with Gasteiger partial charge >= 0.3 is 0 Å². The summed E-state index contributed by atoms with van der Waals surface area (Å²) in [5, 5.41) is 10.8. The van der Waals surface area contributed by atoms with E-state index in [-0.39, 0.29) is 17.8 Å². The Morgan fingerprint density at radius 3 is 2.39 bits per heavy atom. The number of piperazine rings is 1. The molecule has 3 aromatic carbocycles. The van der Waals surface area contributed by atoms with E-state index in [4.69, 9.17) is 0 Å². The van der Waals surface area contributed by atoms with E-state index < -0.39 is 0 Å². The van der Waals surface area contributed by atoms with Crippen molar-refractivity contribution in [2.24, 2.45) is 0 Å². The Balaban J connectivity index is 1.46. The number of carbonyl (C=O) groups excluding carboxylic acids is 1. The van der Waals surface area contributed by atoms with E-state index in [2.05, 4.69) is 22.0 Å². The number of benzene rings is 3. The number of halogens is 1. The van der Waals surface area contributed by atoms with Crippen LogP contribution in [0, 0.1) is 12.7 Å². The summed E-state index contributed by atoms with van der Waals surface area (Å²) < 4.78 is 14.7. The van der Waals surface area contributed by atoms with Gasteiger partial charge in [-0.1, -0.05) is 48.5 Å². The third-order valence-corrected chi connectivity index (χ3v) is 6.26. The smallest absolute Gasteiger partial charge is 0.254 e. The fourth-order valence-electron chi connectivity index (χ4n) is 4.53. The van der Waals surface area contributed by atoms with Gasteiger partial charge in [0.25, 0.3) is 5.91 Å². The number of aryl methyl sites for hydroxylation is 1. The molecule has 1 aliphatic rings. The van der Waals surface area contributed by atoms with Crippen LogP contribution in [-0.2, 0) is 0 Å². The van der Waals surface area contributed by atoms with Crippen molar-refractivity contribution in [1.29, 1.82) is 0 Å². The molecule has 166 valence electrons. The van der Waals surface area contributed by atoms with Gasteiger partial charge in [0.2, 0.25) is 0 Å². The van der Waals surface area contributed by atoms with Gasteiger partial charge in [-0.25, -0.2) is 4.39 Å². The molecule has 0 aliphatic carbocycles. The summed E-state index contributed by atoms with van der Waals surface area (Å²) in [5.41, 5.74) is 2.55. The summed E-state index contributed by atoms with van der Waals surface area (Å²) in [7, 11) is 0. The zero-order chi connectivity index (χ0) is 22.9. The molecule has 33 heavy (non-hydrogen) atoms. The van der Waals surface area contributed by atoms with Crippen molar-refractivity contribution in [3.63, 3.8) is 0 Å². The number of aromatic nitrogens is 2. The maximum absolute atomic E-state index is 14.7. The predicted molar refractivity (Wildman–Crippen MR) is 129 cm³/mol. The van der Waals surface area contributed by atoms with Gasteiger partial charge < -0.3 is 9.80 Å². The molecule has 1 amide bonds. The minimum atomic E-state index is -0.302. The molecule has 1 aliphatic heterocycles. The monoisotopic (exact) mass is 440 g/mol. The van der Waals surface area contributed by atoms with E-state index in [9.17, 15) is 9.18 Å². The Bertz CT molecular complexity index is 1320. The van der Waals surface area contributed by atoms with E-state index >= 15 is 0 Å². The Morgan fingerprint density at radius 1 is 0.939 bits per heavy atom. The molecule has 0 bridgehead atoms. The predicted octanol–water partition coefficient (Wildman–Crippen LogP) is 5.10. The Hall–Kier alpha value is -3.80. The first kappa shape index (κ1) is 21.1. The Labute approximate surface area is 192 Å². The molecular formula is C27H25FN4O. The zero-order valence-corrected chi connectivity index (χ0v) is 18.7. The van der Waals surface area contributed by atoms with Gasteiger partial charge in [-0.3, -0.25) is 4.79 Å². The van der Waals surface area contributed by atoms with Crippen LogP contribution in [-0.4, -0.2) is 46.7 Å². The van der Waals surface area contributed by atoms with Crippen molar-refractivity contribution in [2.45, 2.75) is 19.9 Å². The van der Waals surface area contributed by atoms with Gasteiger partial charge in [-0.2, -0.15) is 0 Å². The van der Waals surface area contributed by atoms with Crippen LogP contribution in [0.25, 0.3) is 22.0 Å². The molecule has 5 nitrogen and oxygen atoms in total. The normalized spacial score (nSPS) is 16.3. The van der Waals surface area contributed by atoms with Crippen LogP contribution in [0.4, 0.5) is 10.2 Å². The molecule has 2 heterocycles. The first-order chi connectivity index (χ1) is 16.0. The average Bonchev–Trinajstić information content (AvgIpc) is 2.84. The molecule has 4 aromatic rings. The minimum absolute atomic E-state index is 0.0150. The molecule has 1 aromatic heterocycles. The van der Waals surface area contributed by atoms with Crippen LogP contribution in [0.2, 0.25) is 0 Å². The van der Waals surface area contributed by atoms with Crippen molar-refractivity contribution in [3.05, 3.63) is 89.7 Å². The van der Waals surface area contributed by atoms with Gasteiger partial charge in [0, 0.05) is 47.6 Å². The lowest BCUT2D eigenvalue weighted by molar-refractivity contribution is 0.0674. The van der Waals surface area contributed by atoms with E-state index in [0.717, 1.165) is 22.2 Å². The molecular weight excluding hydrogens is 415 g/mol. The maximum atomic E-state index is 14.7. The Morgan fingerprint density at radius 2 is 1.67 bits per heavy atom. The summed E-state index contributed by atoms with van der Waals surface area (Å²) in [5.74, 6) is 0.508. The third-order valence-electron chi connectivity index (χ3n) is 6.26. The van der Waals surface area contributed by atoms with Crippen molar-refractivity contribution in [3.8, 4) is 11.3 Å². The highest BCUT2D eigenvalue weighted by molar-refractivity contribution is 6.00. The second-order valence-electron chi connectivity index (χ2n) is 8.56. The lowest BCUT2D eigenvalue weighted by Gasteiger charge is -2.40. The third kappa shape index (κ3) is 3.93. The molecule has 0 spiro atoms. The largest absolute Gasteiger partial charge is 0.351 e. The fraction of sp³-hybridized carbons (Fsp3) is 0.222. The van der Waals surface area contributed by atoms with Crippen LogP contribution in [0.15, 0.2) is 72.8 Å². The van der Waals surface area contributed by atoms with Crippen molar-refractivity contribution < 1.29 is 9.18 Å². The maximum Gasteiger partial charge on any atom is 0.254 e. The van der Waals surface area contributed by atoms with Crippen LogP contribution < -0.4 is 4.90 Å². The van der Waals surface area contributed by atoms with Gasteiger partial charge in [0.15, 0.2) is 5.82 Å². The number of carbonyl (C=O) groups is 1. The van der Waals surface area contributed by atoms with Crippen molar-refractivity contribution >= 4 is 22.5 Å². The van der Waals surface area contributed by atoms with Gasteiger partial charge in [-0.15, -0.1) is 10.2 Å². The summed E-state index contributed by atoms with van der Waals surface area (Å²) in [6.45, 7) is 5.82. The number of fused-ring (bicyclic) bond motifs is 1. The number of rotatable bonds is 3. The zero-order valence-electron chi connectivity index (χ0n) is 18.7. The quantitative estimate of drug-likeness (QED) is 0.445. The second kappa shape index (κ2) is 8.62. The highest BCUT2D eigenvalue weighted by atomic mass is 19.1. The molecule has 1 fully saturated rings. The summed E-state index contributed by atoms with van der Waals surface area (Å²) in [6.07, 6.45) is 0. The number of hydrogen-bond donors (Lipinski definition) is 0. The standard InChI is InChI=1S/C27H25FN4O/c1-18-12-13-23(24(28)16-18)25-21-10-6-7-11-22(21)26(30-29-25)31-14-15-32(19(2)17-31)27(33)20-8-4-3-5-9-20/h3-13,16,19H,14-15,17H2,1-2H3. The summed E-state index contributed by atoms with van der Waals surface area (Å²) in [6, 6.07) is 22.4. The van der Waals surface area contributed by atoms with Crippen LogP contribution >= 0.6 is 0 Å². The first-order valence-corrected chi connectivity index (χ1v) is 11.2. The number of amides is 1. The lowest BCUT2D eigenvalue weighted by Crippen LogP contribution is -2.54. The van der Waals surface area contributed by atoms with Crippen molar-refractivity contribution in [2.75, 3.05) is 24.5 Å². The minimum Gasteiger partial charge on any atom is -0.351 e. The highest BCUT2D eigenvalue weighted by Crippen LogP contribution is 2.33. The van der Waals surface area contributed by atoms with Crippen LogP contribution in [0.1, 0.15) is 22.8 Å². The van der Waals surface area contributed by atoms with Gasteiger partial charge in [0.1, 0.15) is 11.5 Å². The SMILES string of the molecule is Cc1ccc(-c2nnc(N3CCN(C(=O)c4ccccc4)C(C)C3)c3ccccc23)c(F)c1. The van der Waals surface area contributed by atoms with Crippen LogP contribution in [0.3, 0.4) is 0 Å². The van der Waals surface area contributed by atoms with Crippen LogP contribution in [0.5, 0.6) is 0 Å². The molecule has 0 radical (unpaired) electrons. The van der Waals surface area contributed by atoms with E-state index in [1.165, 1.54) is 6.07 Å². The van der Waals surface area contributed by atoms with E-state index in [1.54, 1.807) is 6.07 Å². The molecule has 6 heteroatoms. The van der Waals surface area contributed by atoms with Gasteiger partial charge in [0.05, 0.1) is 0 Å². The fourth-order valence-corrected chi connectivity index (χ4v) is 4.53. The number of hydrogen-bond acceptors (Lipinski definition) is 4. The molecule has 0 N–H and O–H groups in total.